The van der Waals surface area contributed by atoms with Crippen LogP contribution >= 0.6 is 15.9 Å². The Labute approximate surface area is 125 Å². The Kier molecular flexibility index (Phi) is 4.90. The van der Waals surface area contributed by atoms with E-state index in [-0.39, 0.29) is 18.0 Å². The molecule has 5 heteroatoms. The molecule has 0 radical (unpaired) electrons. The van der Waals surface area contributed by atoms with Crippen molar-refractivity contribution in [3.63, 3.8) is 0 Å². The van der Waals surface area contributed by atoms with Crippen molar-refractivity contribution in [3.05, 3.63) is 74.8 Å². The highest BCUT2D eigenvalue weighted by molar-refractivity contribution is 9.10. The summed E-state index contributed by atoms with van der Waals surface area (Å²) in [6.07, 6.45) is 3.73. The number of hydrogen-bond acceptors (Lipinski definition) is 3. The molecule has 0 aliphatic heterocycles. The van der Waals surface area contributed by atoms with Crippen LogP contribution in [0.1, 0.15) is 5.56 Å². The predicted molar refractivity (Wildman–Crippen MR) is 81.8 cm³/mol. The van der Waals surface area contributed by atoms with Crippen LogP contribution in [0.2, 0.25) is 0 Å². The van der Waals surface area contributed by atoms with Crippen LogP contribution in [-0.4, -0.2) is 11.5 Å². The summed E-state index contributed by atoms with van der Waals surface area (Å²) in [6, 6.07) is 14.5. The number of benzene rings is 2. The summed E-state index contributed by atoms with van der Waals surface area (Å²) < 4.78 is 6.08. The van der Waals surface area contributed by atoms with E-state index in [2.05, 4.69) is 15.9 Å². The van der Waals surface area contributed by atoms with Gasteiger partial charge in [0.1, 0.15) is 6.61 Å². The van der Waals surface area contributed by atoms with E-state index in [0.29, 0.717) is 4.47 Å². The summed E-state index contributed by atoms with van der Waals surface area (Å²) in [5.74, 6) is 0.260. The molecule has 4 nitrogen and oxygen atoms in total. The topological polar surface area (TPSA) is 52.4 Å². The molecule has 0 bridgehead atoms. The fourth-order valence-electron chi connectivity index (χ4n) is 1.64. The molecule has 0 amide bonds. The van der Waals surface area contributed by atoms with Crippen molar-refractivity contribution < 1.29 is 9.66 Å². The zero-order valence-corrected chi connectivity index (χ0v) is 12.1. The quantitative estimate of drug-likeness (QED) is 0.600. The number of nitro groups is 1. The first-order valence-electron chi connectivity index (χ1n) is 5.95. The van der Waals surface area contributed by atoms with E-state index >= 15 is 0 Å². The summed E-state index contributed by atoms with van der Waals surface area (Å²) in [5.41, 5.74) is 1.01. The van der Waals surface area contributed by atoms with Crippen molar-refractivity contribution in [2.45, 2.75) is 0 Å². The number of ether oxygens (including phenoxy) is 1. The molecule has 20 heavy (non-hydrogen) atoms. The third kappa shape index (κ3) is 3.93. The predicted octanol–water partition coefficient (Wildman–Crippen LogP) is 4.45. The van der Waals surface area contributed by atoms with Crippen molar-refractivity contribution in [2.24, 2.45) is 0 Å². The fourth-order valence-corrected chi connectivity index (χ4v) is 1.99. The van der Waals surface area contributed by atoms with Gasteiger partial charge in [-0.1, -0.05) is 52.3 Å². The van der Waals surface area contributed by atoms with E-state index in [1.54, 1.807) is 12.1 Å². The lowest BCUT2D eigenvalue weighted by molar-refractivity contribution is -0.385. The van der Waals surface area contributed by atoms with Crippen LogP contribution in [0.5, 0.6) is 5.75 Å². The molecule has 0 unspecified atom stereocenters. The molecule has 2 rings (SSSR count). The number of hydrogen-bond donors (Lipinski definition) is 0. The Morgan fingerprint density at radius 3 is 2.65 bits per heavy atom. The first kappa shape index (κ1) is 14.3. The second-order valence-corrected chi connectivity index (χ2v) is 4.91. The number of halogens is 1. The number of rotatable bonds is 5. The first-order chi connectivity index (χ1) is 9.66. The van der Waals surface area contributed by atoms with Gasteiger partial charge in [0.25, 0.3) is 0 Å². The minimum absolute atomic E-state index is 0.0486. The lowest BCUT2D eigenvalue weighted by Gasteiger charge is -2.04. The Balaban J connectivity index is 2.01. The van der Waals surface area contributed by atoms with E-state index in [1.807, 2.05) is 42.5 Å². The molecule has 0 spiro atoms. The molecule has 0 saturated carbocycles. The Morgan fingerprint density at radius 1 is 1.20 bits per heavy atom. The van der Waals surface area contributed by atoms with Crippen LogP contribution in [0.4, 0.5) is 5.69 Å². The van der Waals surface area contributed by atoms with Crippen LogP contribution in [0, 0.1) is 10.1 Å². The highest BCUT2D eigenvalue weighted by Crippen LogP contribution is 2.29. The standard InChI is InChI=1S/C15H12BrNO3/c16-13-8-9-15(14(11-13)17(18)19)20-10-4-7-12-5-2-1-3-6-12/h1-9,11H,10H2/b7-4+. The first-order valence-corrected chi connectivity index (χ1v) is 6.74. The number of nitrogens with zero attached hydrogens (tertiary/aromatic N) is 1. The zero-order chi connectivity index (χ0) is 14.4. The summed E-state index contributed by atoms with van der Waals surface area (Å²) in [5, 5.41) is 10.9. The van der Waals surface area contributed by atoms with Gasteiger partial charge in [-0.2, -0.15) is 0 Å². The maximum atomic E-state index is 10.9. The van der Waals surface area contributed by atoms with E-state index < -0.39 is 4.92 Å². The maximum absolute atomic E-state index is 10.9. The monoisotopic (exact) mass is 333 g/mol. The van der Waals surface area contributed by atoms with Gasteiger partial charge in [-0.3, -0.25) is 10.1 Å². The highest BCUT2D eigenvalue weighted by Gasteiger charge is 2.14. The Morgan fingerprint density at radius 2 is 1.95 bits per heavy atom. The van der Waals surface area contributed by atoms with Crippen molar-refractivity contribution in [1.29, 1.82) is 0 Å². The average Bonchev–Trinajstić information content (AvgIpc) is 2.45. The molecule has 102 valence electrons. The Bertz CT molecular complexity index is 626. The van der Waals surface area contributed by atoms with E-state index in [4.69, 9.17) is 4.74 Å². The summed E-state index contributed by atoms with van der Waals surface area (Å²) in [4.78, 5) is 10.5. The number of nitro benzene ring substituents is 1. The molecule has 0 aromatic heterocycles. The van der Waals surface area contributed by atoms with Crippen LogP contribution < -0.4 is 4.74 Å². The Hall–Kier alpha value is -2.14. The van der Waals surface area contributed by atoms with Crippen LogP contribution in [0.15, 0.2) is 59.1 Å². The molecule has 2 aromatic rings. The van der Waals surface area contributed by atoms with Gasteiger partial charge in [0.15, 0.2) is 5.75 Å². The SMILES string of the molecule is O=[N+]([O-])c1cc(Br)ccc1OC/C=C/c1ccccc1. The third-order valence-electron chi connectivity index (χ3n) is 2.56. The van der Waals surface area contributed by atoms with Gasteiger partial charge in [0, 0.05) is 10.5 Å². The summed E-state index contributed by atoms with van der Waals surface area (Å²) >= 11 is 3.20. The van der Waals surface area contributed by atoms with Gasteiger partial charge in [-0.25, -0.2) is 0 Å². The zero-order valence-electron chi connectivity index (χ0n) is 10.5. The highest BCUT2D eigenvalue weighted by atomic mass is 79.9. The van der Waals surface area contributed by atoms with E-state index in [0.717, 1.165) is 5.56 Å². The van der Waals surface area contributed by atoms with Gasteiger partial charge < -0.3 is 4.74 Å². The summed E-state index contributed by atoms with van der Waals surface area (Å²) in [7, 11) is 0. The molecule has 0 N–H and O–H groups in total. The minimum Gasteiger partial charge on any atom is -0.483 e. The smallest absolute Gasteiger partial charge is 0.312 e. The maximum Gasteiger partial charge on any atom is 0.312 e. The normalized spacial score (nSPS) is 10.7. The van der Waals surface area contributed by atoms with Crippen LogP contribution in [0.25, 0.3) is 6.08 Å². The van der Waals surface area contributed by atoms with Gasteiger partial charge in [-0.05, 0) is 23.8 Å². The summed E-state index contributed by atoms with van der Waals surface area (Å²) in [6.45, 7) is 0.275. The van der Waals surface area contributed by atoms with Crippen LogP contribution in [0.3, 0.4) is 0 Å². The molecule has 0 aliphatic carbocycles. The third-order valence-corrected chi connectivity index (χ3v) is 3.06. The molecule has 2 aromatic carbocycles. The lowest BCUT2D eigenvalue weighted by atomic mass is 10.2. The molecule has 0 aliphatic rings. The van der Waals surface area contributed by atoms with E-state index in [9.17, 15) is 10.1 Å². The molecular weight excluding hydrogens is 322 g/mol. The van der Waals surface area contributed by atoms with Crippen LogP contribution in [-0.2, 0) is 0 Å². The van der Waals surface area contributed by atoms with Gasteiger partial charge in [0.05, 0.1) is 4.92 Å². The van der Waals surface area contributed by atoms with Crippen molar-refractivity contribution >= 4 is 27.7 Å². The van der Waals surface area contributed by atoms with Gasteiger partial charge in [0.2, 0.25) is 0 Å². The largest absolute Gasteiger partial charge is 0.483 e. The second kappa shape index (κ2) is 6.86. The van der Waals surface area contributed by atoms with Gasteiger partial charge >= 0.3 is 5.69 Å². The fraction of sp³-hybridized carbons (Fsp3) is 0.0667. The molecule has 0 fully saturated rings. The lowest BCUT2D eigenvalue weighted by Crippen LogP contribution is -1.98. The van der Waals surface area contributed by atoms with E-state index in [1.165, 1.54) is 6.07 Å². The minimum atomic E-state index is -0.457. The van der Waals surface area contributed by atoms with Crippen molar-refractivity contribution in [2.75, 3.05) is 6.61 Å². The average molecular weight is 334 g/mol. The molecule has 0 atom stereocenters. The van der Waals surface area contributed by atoms with Crippen molar-refractivity contribution in [1.82, 2.24) is 0 Å². The molecular formula is C15H12BrNO3. The van der Waals surface area contributed by atoms with Gasteiger partial charge in [-0.15, -0.1) is 0 Å². The second-order valence-electron chi connectivity index (χ2n) is 3.99. The molecule has 0 heterocycles. The molecule has 0 saturated heterocycles. The van der Waals surface area contributed by atoms with Crippen molar-refractivity contribution in [3.8, 4) is 5.75 Å².